The first-order chi connectivity index (χ1) is 15.2. The fourth-order valence-corrected chi connectivity index (χ4v) is 4.46. The highest BCUT2D eigenvalue weighted by atomic mass is 32.2. The third-order valence-corrected chi connectivity index (χ3v) is 7.07. The van der Waals surface area contributed by atoms with Gasteiger partial charge in [-0.3, -0.25) is 9.10 Å². The van der Waals surface area contributed by atoms with Crippen LogP contribution in [0, 0.1) is 0 Å². The second kappa shape index (κ2) is 10.3. The number of sulfonamides is 1. The monoisotopic (exact) mass is 459 g/mol. The molecule has 2 aromatic carbocycles. The average Bonchev–Trinajstić information content (AvgIpc) is 3.09. The van der Waals surface area contributed by atoms with Gasteiger partial charge >= 0.3 is 0 Å². The van der Waals surface area contributed by atoms with E-state index in [1.165, 1.54) is 22.6 Å². The Hall–Kier alpha value is -2.74. The molecule has 0 saturated heterocycles. The summed E-state index contributed by atoms with van der Waals surface area (Å²) in [5, 5.41) is 2.99. The van der Waals surface area contributed by atoms with Gasteiger partial charge in [0, 0.05) is 31.9 Å². The Balaban J connectivity index is 1.48. The molecule has 1 amide bonds. The smallest absolute Gasteiger partial charge is 0.261 e. The summed E-state index contributed by atoms with van der Waals surface area (Å²) in [6.45, 7) is 5.62. The van der Waals surface area contributed by atoms with Gasteiger partial charge in [0.1, 0.15) is 5.75 Å². The van der Waals surface area contributed by atoms with E-state index < -0.39 is 16.1 Å². The van der Waals surface area contributed by atoms with Gasteiger partial charge in [0.25, 0.3) is 5.91 Å². The van der Waals surface area contributed by atoms with Crippen LogP contribution in [0.1, 0.15) is 32.3 Å². The van der Waals surface area contributed by atoms with Crippen LogP contribution in [0.25, 0.3) is 0 Å². The molecule has 0 aliphatic carbocycles. The van der Waals surface area contributed by atoms with E-state index >= 15 is 0 Å². The minimum Gasteiger partial charge on any atom is -0.481 e. The predicted octanol–water partition coefficient (Wildman–Crippen LogP) is 3.20. The maximum atomic E-state index is 12.6. The van der Waals surface area contributed by atoms with Crippen LogP contribution < -0.4 is 19.3 Å². The Kier molecular flexibility index (Phi) is 7.66. The van der Waals surface area contributed by atoms with Crippen molar-refractivity contribution in [3.63, 3.8) is 0 Å². The van der Waals surface area contributed by atoms with Crippen LogP contribution in [0.2, 0.25) is 0 Å². The molecule has 8 heteroatoms. The third-order valence-electron chi connectivity index (χ3n) is 5.86. The molecule has 1 heterocycles. The molecule has 2 aromatic rings. The number of nitrogens with one attached hydrogen (secondary N) is 1. The Morgan fingerprint density at radius 3 is 2.56 bits per heavy atom. The van der Waals surface area contributed by atoms with Crippen LogP contribution in [0.4, 0.5) is 11.4 Å². The van der Waals surface area contributed by atoms with Crippen molar-refractivity contribution in [2.75, 3.05) is 35.6 Å². The summed E-state index contributed by atoms with van der Waals surface area (Å²) in [7, 11) is -1.83. The molecule has 0 fully saturated rings. The van der Waals surface area contributed by atoms with E-state index in [1.54, 1.807) is 24.3 Å². The lowest BCUT2D eigenvalue weighted by atomic mass is 10.1. The third kappa shape index (κ3) is 5.73. The average molecular weight is 460 g/mol. The van der Waals surface area contributed by atoms with Crippen molar-refractivity contribution in [2.45, 2.75) is 45.3 Å². The zero-order valence-corrected chi connectivity index (χ0v) is 20.1. The van der Waals surface area contributed by atoms with Gasteiger partial charge in [-0.05, 0) is 62.1 Å². The summed E-state index contributed by atoms with van der Waals surface area (Å²) in [5.41, 5.74) is 3.22. The maximum absolute atomic E-state index is 12.6. The van der Waals surface area contributed by atoms with E-state index in [-0.39, 0.29) is 5.91 Å². The van der Waals surface area contributed by atoms with E-state index in [4.69, 9.17) is 4.74 Å². The van der Waals surface area contributed by atoms with Gasteiger partial charge in [0.05, 0.1) is 11.9 Å². The lowest BCUT2D eigenvalue weighted by Crippen LogP contribution is -2.39. The number of carbonyl (C=O) groups is 1. The highest BCUT2D eigenvalue weighted by molar-refractivity contribution is 7.92. The van der Waals surface area contributed by atoms with Crippen molar-refractivity contribution >= 4 is 27.3 Å². The zero-order chi connectivity index (χ0) is 23.3. The molecule has 7 nitrogen and oxygen atoms in total. The number of fused-ring (bicyclic) bond motifs is 1. The van der Waals surface area contributed by atoms with Crippen LogP contribution >= 0.6 is 0 Å². The van der Waals surface area contributed by atoms with E-state index in [2.05, 4.69) is 41.4 Å². The number of carbonyl (C=O) groups excluding carboxylic acids is 1. The SMILES string of the molecule is CC[C@H](Oc1ccc(N(C)S(C)(=O)=O)cc1)C(=O)NCCCN1c2ccccc2C[C@H]1C. The molecule has 0 radical (unpaired) electrons. The molecule has 1 aliphatic rings. The topological polar surface area (TPSA) is 78.9 Å². The van der Waals surface area contributed by atoms with Crippen molar-refractivity contribution in [1.82, 2.24) is 5.32 Å². The molecule has 3 rings (SSSR count). The Labute approximate surface area is 191 Å². The second-order valence-corrected chi connectivity index (χ2v) is 10.3. The Morgan fingerprint density at radius 1 is 1.22 bits per heavy atom. The van der Waals surface area contributed by atoms with Crippen molar-refractivity contribution in [1.29, 1.82) is 0 Å². The van der Waals surface area contributed by atoms with Crippen molar-refractivity contribution in [3.05, 3.63) is 54.1 Å². The number of benzene rings is 2. The number of hydrogen-bond donors (Lipinski definition) is 1. The molecule has 1 aliphatic heterocycles. The summed E-state index contributed by atoms with van der Waals surface area (Å²) in [6.07, 6.45) is 3.01. The summed E-state index contributed by atoms with van der Waals surface area (Å²) < 4.78 is 30.4. The van der Waals surface area contributed by atoms with Gasteiger partial charge in [-0.1, -0.05) is 25.1 Å². The Bertz CT molecular complexity index is 1020. The number of anilines is 2. The van der Waals surface area contributed by atoms with Gasteiger partial charge in [-0.15, -0.1) is 0 Å². The molecule has 0 spiro atoms. The van der Waals surface area contributed by atoms with Gasteiger partial charge in [-0.2, -0.15) is 0 Å². The van der Waals surface area contributed by atoms with Crippen LogP contribution in [-0.2, 0) is 21.2 Å². The molecular formula is C24H33N3O4S. The predicted molar refractivity (Wildman–Crippen MR) is 129 cm³/mol. The number of rotatable bonds is 10. The fourth-order valence-electron chi connectivity index (χ4n) is 3.96. The quantitative estimate of drug-likeness (QED) is 0.552. The first kappa shape index (κ1) is 23.9. The minimum absolute atomic E-state index is 0.139. The second-order valence-electron chi connectivity index (χ2n) is 8.26. The highest BCUT2D eigenvalue weighted by Gasteiger charge is 2.25. The van der Waals surface area contributed by atoms with Crippen molar-refractivity contribution in [3.8, 4) is 5.75 Å². The molecule has 2 atom stereocenters. The molecule has 32 heavy (non-hydrogen) atoms. The van der Waals surface area contributed by atoms with E-state index in [0.29, 0.717) is 30.4 Å². The molecule has 0 bridgehead atoms. The number of ether oxygens (including phenoxy) is 1. The van der Waals surface area contributed by atoms with Gasteiger partial charge in [-0.25, -0.2) is 8.42 Å². The van der Waals surface area contributed by atoms with Crippen molar-refractivity contribution in [2.24, 2.45) is 0 Å². The molecular weight excluding hydrogens is 426 g/mol. The normalized spacial score (nSPS) is 16.4. The van der Waals surface area contributed by atoms with E-state index in [0.717, 1.165) is 25.6 Å². The highest BCUT2D eigenvalue weighted by Crippen LogP contribution is 2.31. The summed E-state index contributed by atoms with van der Waals surface area (Å²) in [4.78, 5) is 15.0. The van der Waals surface area contributed by atoms with Gasteiger partial charge < -0.3 is 15.0 Å². The summed E-state index contributed by atoms with van der Waals surface area (Å²) in [5.74, 6) is 0.389. The summed E-state index contributed by atoms with van der Waals surface area (Å²) >= 11 is 0. The van der Waals surface area contributed by atoms with Gasteiger partial charge in [0.2, 0.25) is 10.0 Å². The van der Waals surface area contributed by atoms with Gasteiger partial charge in [0.15, 0.2) is 6.10 Å². The standard InChI is InChI=1S/C24H33N3O4S/c1-5-23(31-21-13-11-20(12-14-21)26(3)32(4,29)30)24(28)25-15-8-16-27-18(2)17-19-9-6-7-10-22(19)27/h6-7,9-14,18,23H,5,8,15-17H2,1-4H3,(H,25,28)/t18-,23+/m1/s1. The lowest BCUT2D eigenvalue weighted by Gasteiger charge is -2.25. The number of nitrogens with zero attached hydrogens (tertiary/aromatic N) is 2. The largest absolute Gasteiger partial charge is 0.481 e. The minimum atomic E-state index is -3.32. The molecule has 0 saturated carbocycles. The first-order valence-electron chi connectivity index (χ1n) is 11.0. The Morgan fingerprint density at radius 2 is 1.91 bits per heavy atom. The molecule has 1 N–H and O–H groups in total. The fraction of sp³-hybridized carbons (Fsp3) is 0.458. The number of amides is 1. The number of para-hydroxylation sites is 1. The van der Waals surface area contributed by atoms with Crippen LogP contribution in [-0.4, -0.2) is 52.9 Å². The molecule has 0 unspecified atom stereocenters. The van der Waals surface area contributed by atoms with Crippen molar-refractivity contribution < 1.29 is 17.9 Å². The van der Waals surface area contributed by atoms with E-state index in [1.807, 2.05) is 6.92 Å². The molecule has 174 valence electrons. The van der Waals surface area contributed by atoms with Crippen LogP contribution in [0.15, 0.2) is 48.5 Å². The van der Waals surface area contributed by atoms with E-state index in [9.17, 15) is 13.2 Å². The first-order valence-corrected chi connectivity index (χ1v) is 12.9. The molecule has 0 aromatic heterocycles. The summed E-state index contributed by atoms with van der Waals surface area (Å²) in [6, 6.07) is 15.7. The van der Waals surface area contributed by atoms with Crippen LogP contribution in [0.5, 0.6) is 5.75 Å². The maximum Gasteiger partial charge on any atom is 0.261 e. The number of hydrogen-bond acceptors (Lipinski definition) is 5. The lowest BCUT2D eigenvalue weighted by molar-refractivity contribution is -0.128. The zero-order valence-electron chi connectivity index (χ0n) is 19.2. The van der Waals surface area contributed by atoms with Crippen LogP contribution in [0.3, 0.4) is 0 Å².